The van der Waals surface area contributed by atoms with Gasteiger partial charge in [-0.1, -0.05) is 45.8 Å². The molecule has 3 aromatic rings. The van der Waals surface area contributed by atoms with Crippen molar-refractivity contribution in [3.05, 3.63) is 94.2 Å². The summed E-state index contributed by atoms with van der Waals surface area (Å²) in [5, 5.41) is 2.53. The van der Waals surface area contributed by atoms with Gasteiger partial charge in [0.15, 0.2) is 0 Å². The summed E-state index contributed by atoms with van der Waals surface area (Å²) < 4.78 is 42.6. The Hall–Kier alpha value is -3.24. The molecular formula is C26H27BrFN3O4S. The Labute approximate surface area is 219 Å². The molecule has 1 atom stereocenters. The summed E-state index contributed by atoms with van der Waals surface area (Å²) in [6.07, 6.45) is 0. The number of rotatable bonds is 9. The Morgan fingerprint density at radius 3 is 2.25 bits per heavy atom. The van der Waals surface area contributed by atoms with E-state index >= 15 is 0 Å². The Bertz CT molecular complexity index is 1330. The van der Waals surface area contributed by atoms with E-state index in [1.165, 1.54) is 36.2 Å². The number of hydrogen-bond donors (Lipinski definition) is 1. The van der Waals surface area contributed by atoms with Crippen molar-refractivity contribution in [2.24, 2.45) is 0 Å². The molecule has 1 N–H and O–H groups in total. The van der Waals surface area contributed by atoms with Gasteiger partial charge in [-0.3, -0.25) is 13.9 Å². The van der Waals surface area contributed by atoms with E-state index < -0.39 is 40.2 Å². The number of nitrogens with one attached hydrogen (secondary N) is 1. The third kappa shape index (κ3) is 6.50. The number of carbonyl (C=O) groups is 2. The topological polar surface area (TPSA) is 86.8 Å². The molecular weight excluding hydrogens is 549 g/mol. The molecule has 0 aliphatic carbocycles. The van der Waals surface area contributed by atoms with Crippen LogP contribution in [0.4, 0.5) is 10.1 Å². The fourth-order valence-corrected chi connectivity index (χ4v) is 5.46. The lowest BCUT2D eigenvalue weighted by molar-refractivity contribution is -0.139. The van der Waals surface area contributed by atoms with Crippen LogP contribution < -0.4 is 9.62 Å². The van der Waals surface area contributed by atoms with Crippen LogP contribution in [0.15, 0.2) is 82.2 Å². The Kier molecular flexibility index (Phi) is 8.86. The zero-order chi connectivity index (χ0) is 26.5. The van der Waals surface area contributed by atoms with Crippen LogP contribution in [-0.4, -0.2) is 44.8 Å². The maximum absolute atomic E-state index is 13.6. The van der Waals surface area contributed by atoms with Crippen LogP contribution in [0, 0.1) is 12.7 Å². The van der Waals surface area contributed by atoms with Crippen molar-refractivity contribution in [3.63, 3.8) is 0 Å². The second kappa shape index (κ2) is 11.7. The van der Waals surface area contributed by atoms with Crippen molar-refractivity contribution in [1.82, 2.24) is 10.2 Å². The van der Waals surface area contributed by atoms with Gasteiger partial charge >= 0.3 is 0 Å². The number of likely N-dealkylation sites (N-methyl/N-ethyl adjacent to an activating group) is 1. The number of halogens is 2. The normalized spacial score (nSPS) is 12.0. The molecule has 190 valence electrons. The van der Waals surface area contributed by atoms with Crippen LogP contribution in [0.3, 0.4) is 0 Å². The van der Waals surface area contributed by atoms with Crippen LogP contribution in [0.5, 0.6) is 0 Å². The van der Waals surface area contributed by atoms with E-state index in [2.05, 4.69) is 21.2 Å². The molecule has 0 heterocycles. The number of hydrogen-bond acceptors (Lipinski definition) is 4. The Morgan fingerprint density at radius 2 is 1.67 bits per heavy atom. The highest BCUT2D eigenvalue weighted by Gasteiger charge is 2.32. The van der Waals surface area contributed by atoms with Crippen molar-refractivity contribution < 1.29 is 22.4 Å². The van der Waals surface area contributed by atoms with E-state index in [4.69, 9.17) is 0 Å². The van der Waals surface area contributed by atoms with Gasteiger partial charge in [-0.05, 0) is 67.9 Å². The van der Waals surface area contributed by atoms with Crippen molar-refractivity contribution >= 4 is 43.5 Å². The highest BCUT2D eigenvalue weighted by atomic mass is 79.9. The van der Waals surface area contributed by atoms with Gasteiger partial charge in [0.05, 0.1) is 10.6 Å². The van der Waals surface area contributed by atoms with Crippen molar-refractivity contribution in [2.45, 2.75) is 31.3 Å². The van der Waals surface area contributed by atoms with Gasteiger partial charge in [0.25, 0.3) is 10.0 Å². The smallest absolute Gasteiger partial charge is 0.264 e. The fraction of sp³-hybridized carbons (Fsp3) is 0.231. The minimum Gasteiger partial charge on any atom is -0.357 e. The van der Waals surface area contributed by atoms with E-state index in [0.717, 1.165) is 32.0 Å². The predicted octanol–water partition coefficient (Wildman–Crippen LogP) is 4.26. The van der Waals surface area contributed by atoms with E-state index in [1.54, 1.807) is 25.1 Å². The van der Waals surface area contributed by atoms with Crippen LogP contribution in [0.25, 0.3) is 0 Å². The molecule has 0 saturated heterocycles. The van der Waals surface area contributed by atoms with Gasteiger partial charge in [0.1, 0.15) is 18.4 Å². The van der Waals surface area contributed by atoms with Gasteiger partial charge in [0, 0.05) is 18.1 Å². The molecule has 0 spiro atoms. The highest BCUT2D eigenvalue weighted by molar-refractivity contribution is 9.10. The minimum atomic E-state index is -4.19. The third-order valence-corrected chi connectivity index (χ3v) is 7.94. The zero-order valence-electron chi connectivity index (χ0n) is 20.1. The first-order valence-corrected chi connectivity index (χ1v) is 13.4. The van der Waals surface area contributed by atoms with E-state index in [1.807, 2.05) is 25.1 Å². The molecule has 2 amide bonds. The standard InChI is InChI=1S/C26H27BrFN3O4S/c1-18-7-13-24(14-8-18)36(34,35)31(23-11-9-22(28)10-12-23)17-25(32)30(19(2)26(33)29-3)16-20-5-4-6-21(27)15-20/h4-15,19H,16-17H2,1-3H3,(H,29,33)/t19-/m0/s1. The summed E-state index contributed by atoms with van der Waals surface area (Å²) in [5.41, 5.74) is 1.75. The average Bonchev–Trinajstić information content (AvgIpc) is 2.85. The first kappa shape index (κ1) is 27.3. The molecule has 3 rings (SSSR count). The molecule has 0 unspecified atom stereocenters. The van der Waals surface area contributed by atoms with E-state index in [-0.39, 0.29) is 17.1 Å². The third-order valence-electron chi connectivity index (χ3n) is 5.66. The number of sulfonamides is 1. The maximum Gasteiger partial charge on any atom is 0.264 e. The molecule has 0 fully saturated rings. The lowest BCUT2D eigenvalue weighted by Gasteiger charge is -2.31. The Balaban J connectivity index is 2.02. The van der Waals surface area contributed by atoms with Crippen LogP contribution >= 0.6 is 15.9 Å². The summed E-state index contributed by atoms with van der Waals surface area (Å²) in [4.78, 5) is 27.4. The number of aryl methyl sites for hydroxylation is 1. The van der Waals surface area contributed by atoms with Gasteiger partial charge in [-0.15, -0.1) is 0 Å². The van der Waals surface area contributed by atoms with E-state index in [0.29, 0.717) is 0 Å². The largest absolute Gasteiger partial charge is 0.357 e. The molecule has 36 heavy (non-hydrogen) atoms. The Morgan fingerprint density at radius 1 is 1.03 bits per heavy atom. The zero-order valence-corrected chi connectivity index (χ0v) is 22.5. The van der Waals surface area contributed by atoms with Gasteiger partial charge < -0.3 is 10.2 Å². The number of nitrogens with zero attached hydrogens (tertiary/aromatic N) is 2. The van der Waals surface area contributed by atoms with Crippen molar-refractivity contribution in [2.75, 3.05) is 17.9 Å². The SMILES string of the molecule is CNC(=O)[C@H](C)N(Cc1cccc(Br)c1)C(=O)CN(c1ccc(F)cc1)S(=O)(=O)c1ccc(C)cc1. The summed E-state index contributed by atoms with van der Waals surface area (Å²) in [6.45, 7) is 2.90. The van der Waals surface area contributed by atoms with Crippen LogP contribution in [0.2, 0.25) is 0 Å². The molecule has 0 aromatic heterocycles. The molecule has 3 aromatic carbocycles. The lowest BCUT2D eigenvalue weighted by Crippen LogP contribution is -2.50. The highest BCUT2D eigenvalue weighted by Crippen LogP contribution is 2.25. The maximum atomic E-state index is 13.6. The van der Waals surface area contributed by atoms with Gasteiger partial charge in [0.2, 0.25) is 11.8 Å². The summed E-state index contributed by atoms with van der Waals surface area (Å²) in [7, 11) is -2.72. The second-order valence-corrected chi connectivity index (χ2v) is 11.0. The monoisotopic (exact) mass is 575 g/mol. The minimum absolute atomic E-state index is 0.0110. The summed E-state index contributed by atoms with van der Waals surface area (Å²) >= 11 is 3.40. The predicted molar refractivity (Wildman–Crippen MR) is 140 cm³/mol. The molecule has 0 saturated carbocycles. The van der Waals surface area contributed by atoms with E-state index in [9.17, 15) is 22.4 Å². The van der Waals surface area contributed by atoms with Crippen molar-refractivity contribution in [3.8, 4) is 0 Å². The molecule has 0 aliphatic heterocycles. The van der Waals surface area contributed by atoms with Gasteiger partial charge in [-0.2, -0.15) is 0 Å². The quantitative estimate of drug-likeness (QED) is 0.413. The van der Waals surface area contributed by atoms with Crippen LogP contribution in [0.1, 0.15) is 18.1 Å². The number of amides is 2. The summed E-state index contributed by atoms with van der Waals surface area (Å²) in [5.74, 6) is -1.53. The summed E-state index contributed by atoms with van der Waals surface area (Å²) in [6, 6.07) is 17.5. The van der Waals surface area contributed by atoms with Gasteiger partial charge in [-0.25, -0.2) is 12.8 Å². The fourth-order valence-electron chi connectivity index (χ4n) is 3.60. The van der Waals surface area contributed by atoms with Crippen LogP contribution in [-0.2, 0) is 26.2 Å². The molecule has 10 heteroatoms. The average molecular weight is 576 g/mol. The van der Waals surface area contributed by atoms with Crippen molar-refractivity contribution in [1.29, 1.82) is 0 Å². The lowest BCUT2D eigenvalue weighted by atomic mass is 10.1. The molecule has 0 bridgehead atoms. The number of benzene rings is 3. The number of anilines is 1. The molecule has 0 radical (unpaired) electrons. The first-order chi connectivity index (χ1) is 17.0. The molecule has 7 nitrogen and oxygen atoms in total. The molecule has 0 aliphatic rings. The number of carbonyl (C=O) groups excluding carboxylic acids is 2. The first-order valence-electron chi connectivity index (χ1n) is 11.1. The second-order valence-electron chi connectivity index (χ2n) is 8.24.